The summed E-state index contributed by atoms with van der Waals surface area (Å²) in [5.74, 6) is 0.656. The second-order valence-electron chi connectivity index (χ2n) is 4.20. The predicted molar refractivity (Wildman–Crippen MR) is 72.2 cm³/mol. The predicted octanol–water partition coefficient (Wildman–Crippen LogP) is 3.35. The molecule has 0 amide bonds. The summed E-state index contributed by atoms with van der Waals surface area (Å²) in [5, 5.41) is 5.04. The summed E-state index contributed by atoms with van der Waals surface area (Å²) in [4.78, 5) is 7.69. The van der Waals surface area contributed by atoms with Crippen molar-refractivity contribution >= 4 is 22.6 Å². The molecule has 0 radical (unpaired) electrons. The molecule has 5 heteroatoms. The summed E-state index contributed by atoms with van der Waals surface area (Å²) in [6.07, 6.45) is 1.97. The van der Waals surface area contributed by atoms with E-state index in [1.807, 2.05) is 30.3 Å². The van der Waals surface area contributed by atoms with Crippen molar-refractivity contribution in [3.05, 3.63) is 41.2 Å². The third-order valence-corrected chi connectivity index (χ3v) is 3.07. The van der Waals surface area contributed by atoms with Crippen LogP contribution in [0.5, 0.6) is 0 Å². The highest BCUT2D eigenvalue weighted by molar-refractivity contribution is 6.29. The first kappa shape index (κ1) is 11.3. The number of nitrogens with one attached hydrogen (secondary N) is 1. The van der Waals surface area contributed by atoms with Crippen LogP contribution in [-0.2, 0) is 6.42 Å². The van der Waals surface area contributed by atoms with Crippen molar-refractivity contribution in [3.8, 4) is 5.95 Å². The third kappa shape index (κ3) is 1.88. The first-order chi connectivity index (χ1) is 8.78. The minimum atomic E-state index is 0.581. The summed E-state index contributed by atoms with van der Waals surface area (Å²) in [7, 11) is 0. The molecule has 3 aromatic rings. The number of fused-ring (bicyclic) bond motifs is 1. The van der Waals surface area contributed by atoms with Gasteiger partial charge in [-0.25, -0.2) is 4.98 Å². The van der Waals surface area contributed by atoms with Gasteiger partial charge in [0, 0.05) is 0 Å². The fourth-order valence-corrected chi connectivity index (χ4v) is 2.21. The lowest BCUT2D eigenvalue weighted by atomic mass is 10.3. The summed E-state index contributed by atoms with van der Waals surface area (Å²) in [6, 6.07) is 9.76. The van der Waals surface area contributed by atoms with Gasteiger partial charge >= 0.3 is 0 Å². The lowest BCUT2D eigenvalue weighted by molar-refractivity contribution is 0.780. The Kier molecular flexibility index (Phi) is 2.80. The first-order valence-corrected chi connectivity index (χ1v) is 6.35. The largest absolute Gasteiger partial charge is 0.322 e. The van der Waals surface area contributed by atoms with Gasteiger partial charge in [-0.1, -0.05) is 37.1 Å². The van der Waals surface area contributed by atoms with Crippen LogP contribution >= 0.6 is 11.6 Å². The molecular weight excluding hydrogens is 248 g/mol. The summed E-state index contributed by atoms with van der Waals surface area (Å²) in [5.41, 5.74) is 2.88. The molecule has 1 aromatic carbocycles. The Balaban J connectivity index is 2.08. The zero-order valence-corrected chi connectivity index (χ0v) is 10.8. The van der Waals surface area contributed by atoms with Crippen LogP contribution < -0.4 is 0 Å². The lowest BCUT2D eigenvalue weighted by Crippen LogP contribution is -1.99. The number of aromatic amines is 1. The van der Waals surface area contributed by atoms with E-state index in [0.29, 0.717) is 11.1 Å². The van der Waals surface area contributed by atoms with E-state index in [1.54, 1.807) is 4.68 Å². The number of rotatable bonds is 3. The van der Waals surface area contributed by atoms with E-state index in [1.165, 1.54) is 0 Å². The molecule has 0 bridgehead atoms. The molecule has 4 nitrogen and oxygen atoms in total. The maximum absolute atomic E-state index is 6.18. The van der Waals surface area contributed by atoms with Crippen LogP contribution in [0.2, 0.25) is 5.15 Å². The van der Waals surface area contributed by atoms with Gasteiger partial charge in [-0.3, -0.25) is 0 Å². The quantitative estimate of drug-likeness (QED) is 0.785. The summed E-state index contributed by atoms with van der Waals surface area (Å²) >= 11 is 6.18. The molecule has 0 fully saturated rings. The van der Waals surface area contributed by atoms with Gasteiger partial charge in [0.1, 0.15) is 5.15 Å². The fraction of sp³-hybridized carbons (Fsp3) is 0.231. The Bertz CT molecular complexity index is 650. The van der Waals surface area contributed by atoms with Crippen LogP contribution in [0.3, 0.4) is 0 Å². The van der Waals surface area contributed by atoms with Gasteiger partial charge in [-0.2, -0.15) is 9.78 Å². The number of aromatic nitrogens is 4. The highest BCUT2D eigenvalue weighted by atomic mass is 35.5. The first-order valence-electron chi connectivity index (χ1n) is 5.97. The molecule has 0 aliphatic carbocycles. The second-order valence-corrected chi connectivity index (χ2v) is 4.59. The van der Waals surface area contributed by atoms with Gasteiger partial charge in [0.05, 0.1) is 16.7 Å². The Morgan fingerprint density at radius 2 is 2.17 bits per heavy atom. The standard InChI is InChI=1S/C13H13ClN4/c1-2-5-9-8-12(14)18(17-9)13-15-10-6-3-4-7-11(10)16-13/h3-4,6-8H,2,5H2,1H3,(H,15,16). The van der Waals surface area contributed by atoms with E-state index in [9.17, 15) is 0 Å². The van der Waals surface area contributed by atoms with Crippen molar-refractivity contribution in [3.63, 3.8) is 0 Å². The van der Waals surface area contributed by atoms with Crippen LogP contribution in [0.15, 0.2) is 30.3 Å². The van der Waals surface area contributed by atoms with Gasteiger partial charge in [0.2, 0.25) is 5.95 Å². The molecule has 92 valence electrons. The highest BCUT2D eigenvalue weighted by Gasteiger charge is 2.10. The lowest BCUT2D eigenvalue weighted by Gasteiger charge is -1.96. The van der Waals surface area contributed by atoms with Crippen LogP contribution in [-0.4, -0.2) is 19.7 Å². The number of hydrogen-bond donors (Lipinski definition) is 1. The highest BCUT2D eigenvalue weighted by Crippen LogP contribution is 2.19. The fourth-order valence-electron chi connectivity index (χ4n) is 1.97. The van der Waals surface area contributed by atoms with E-state index in [0.717, 1.165) is 29.6 Å². The number of benzene rings is 1. The average molecular weight is 261 g/mol. The number of aryl methyl sites for hydroxylation is 1. The van der Waals surface area contributed by atoms with Gasteiger partial charge in [-0.15, -0.1) is 0 Å². The Morgan fingerprint density at radius 3 is 2.94 bits per heavy atom. The van der Waals surface area contributed by atoms with Gasteiger partial charge < -0.3 is 4.98 Å². The van der Waals surface area contributed by atoms with Crippen LogP contribution in [0.25, 0.3) is 17.0 Å². The van der Waals surface area contributed by atoms with Gasteiger partial charge in [-0.05, 0) is 24.6 Å². The Hall–Kier alpha value is -1.81. The molecule has 2 aromatic heterocycles. The number of H-pyrrole nitrogens is 1. The molecule has 0 aliphatic rings. The number of para-hydroxylation sites is 2. The summed E-state index contributed by atoms with van der Waals surface area (Å²) in [6.45, 7) is 2.12. The molecular formula is C13H13ClN4. The molecule has 18 heavy (non-hydrogen) atoms. The molecule has 3 rings (SSSR count). The molecule has 0 aliphatic heterocycles. The average Bonchev–Trinajstić information content (AvgIpc) is 2.92. The van der Waals surface area contributed by atoms with E-state index < -0.39 is 0 Å². The van der Waals surface area contributed by atoms with E-state index >= 15 is 0 Å². The number of halogens is 1. The minimum absolute atomic E-state index is 0.581. The zero-order chi connectivity index (χ0) is 12.5. The van der Waals surface area contributed by atoms with E-state index in [-0.39, 0.29) is 0 Å². The maximum Gasteiger partial charge on any atom is 0.230 e. The summed E-state index contributed by atoms with van der Waals surface area (Å²) < 4.78 is 1.65. The molecule has 0 unspecified atom stereocenters. The monoisotopic (exact) mass is 260 g/mol. The normalized spacial score (nSPS) is 11.2. The van der Waals surface area contributed by atoms with Crippen molar-refractivity contribution < 1.29 is 0 Å². The molecule has 0 saturated carbocycles. The van der Waals surface area contributed by atoms with Crippen LogP contribution in [0.1, 0.15) is 19.0 Å². The third-order valence-electron chi connectivity index (χ3n) is 2.80. The van der Waals surface area contributed by atoms with E-state index in [2.05, 4.69) is 22.0 Å². The van der Waals surface area contributed by atoms with Crippen LogP contribution in [0.4, 0.5) is 0 Å². The molecule has 0 atom stereocenters. The molecule has 1 N–H and O–H groups in total. The number of nitrogens with zero attached hydrogens (tertiary/aromatic N) is 3. The maximum atomic E-state index is 6.18. The van der Waals surface area contributed by atoms with Gasteiger partial charge in [0.25, 0.3) is 0 Å². The molecule has 0 saturated heterocycles. The van der Waals surface area contributed by atoms with Gasteiger partial charge in [0.15, 0.2) is 0 Å². The Morgan fingerprint density at radius 1 is 1.33 bits per heavy atom. The van der Waals surface area contributed by atoms with Crippen molar-refractivity contribution in [2.45, 2.75) is 19.8 Å². The van der Waals surface area contributed by atoms with Crippen molar-refractivity contribution in [2.75, 3.05) is 0 Å². The molecule has 2 heterocycles. The topological polar surface area (TPSA) is 46.5 Å². The SMILES string of the molecule is CCCc1cc(Cl)n(-c2nc3ccccc3[nH]2)n1. The van der Waals surface area contributed by atoms with Crippen molar-refractivity contribution in [2.24, 2.45) is 0 Å². The second kappa shape index (κ2) is 4.46. The van der Waals surface area contributed by atoms with Crippen molar-refractivity contribution in [1.29, 1.82) is 0 Å². The zero-order valence-electron chi connectivity index (χ0n) is 10.0. The van der Waals surface area contributed by atoms with Crippen molar-refractivity contribution in [1.82, 2.24) is 19.7 Å². The Labute approximate surface area is 110 Å². The molecule has 0 spiro atoms. The smallest absolute Gasteiger partial charge is 0.230 e. The number of imidazole rings is 1. The minimum Gasteiger partial charge on any atom is -0.322 e. The number of hydrogen-bond acceptors (Lipinski definition) is 2. The van der Waals surface area contributed by atoms with E-state index in [4.69, 9.17) is 11.6 Å². The van der Waals surface area contributed by atoms with Crippen LogP contribution in [0, 0.1) is 0 Å².